The Morgan fingerprint density at radius 3 is 2.61 bits per heavy atom. The maximum absolute atomic E-state index is 12.0. The Bertz CT molecular complexity index is 573. The second-order valence-corrected chi connectivity index (χ2v) is 5.73. The molecule has 124 valence electrons. The van der Waals surface area contributed by atoms with Crippen LogP contribution in [0.2, 0.25) is 0 Å². The predicted octanol–water partition coefficient (Wildman–Crippen LogP) is 2.86. The molecule has 23 heavy (non-hydrogen) atoms. The molecule has 0 fully saturated rings. The molecule has 0 spiro atoms. The largest absolute Gasteiger partial charge is 0.465 e. The van der Waals surface area contributed by atoms with Crippen LogP contribution in [0.4, 0.5) is 9.59 Å². The summed E-state index contributed by atoms with van der Waals surface area (Å²) in [5.41, 5.74) is 0.900. The van der Waals surface area contributed by atoms with Gasteiger partial charge in [0.25, 0.3) is 0 Å². The van der Waals surface area contributed by atoms with Gasteiger partial charge in [-0.3, -0.25) is 0 Å². The molecule has 1 aromatic rings. The molecule has 3 atom stereocenters. The number of nitrogens with one attached hydrogen (secondary N) is 1. The second kappa shape index (κ2) is 7.67. The topological polar surface area (TPSA) is 78.9 Å². The second-order valence-electron chi connectivity index (χ2n) is 5.73. The Hall–Kier alpha value is -2.50. The highest BCUT2D eigenvalue weighted by molar-refractivity contribution is 5.69. The van der Waals surface area contributed by atoms with Crippen molar-refractivity contribution in [2.75, 3.05) is 6.54 Å². The zero-order valence-electron chi connectivity index (χ0n) is 13.3. The fraction of sp³-hybridized carbons (Fsp3) is 0.412. The van der Waals surface area contributed by atoms with E-state index in [9.17, 15) is 14.7 Å². The van der Waals surface area contributed by atoms with Crippen molar-refractivity contribution in [2.45, 2.75) is 32.5 Å². The standard InChI is InChI=1S/C17H22N2O4/c1-12-8-9-13(2)19(17(21)22)10-15(12)18-16(20)23-11-14-6-4-3-5-7-14/h3-9,12-13,15H,10-11H2,1-2H3,(H,18,20)(H,21,22)/t12-,13-,15-/m0/s1. The first-order valence-corrected chi connectivity index (χ1v) is 7.62. The zero-order chi connectivity index (χ0) is 16.8. The molecule has 0 unspecified atom stereocenters. The van der Waals surface area contributed by atoms with Gasteiger partial charge in [0.15, 0.2) is 0 Å². The molecule has 2 N–H and O–H groups in total. The molecule has 0 bridgehead atoms. The van der Waals surface area contributed by atoms with Gasteiger partial charge in [0, 0.05) is 6.54 Å². The predicted molar refractivity (Wildman–Crippen MR) is 86.0 cm³/mol. The summed E-state index contributed by atoms with van der Waals surface area (Å²) in [6.07, 6.45) is 2.23. The third-order valence-corrected chi connectivity index (χ3v) is 3.97. The Morgan fingerprint density at radius 1 is 1.26 bits per heavy atom. The fourth-order valence-electron chi connectivity index (χ4n) is 2.46. The molecule has 0 aliphatic carbocycles. The van der Waals surface area contributed by atoms with Gasteiger partial charge in [0.2, 0.25) is 0 Å². The van der Waals surface area contributed by atoms with Gasteiger partial charge in [-0.05, 0) is 18.4 Å². The minimum atomic E-state index is -0.999. The first kappa shape index (κ1) is 16.9. The quantitative estimate of drug-likeness (QED) is 0.840. The van der Waals surface area contributed by atoms with Crippen LogP contribution in [0.3, 0.4) is 0 Å². The van der Waals surface area contributed by atoms with E-state index in [0.29, 0.717) is 0 Å². The van der Waals surface area contributed by atoms with Crippen LogP contribution >= 0.6 is 0 Å². The molecular weight excluding hydrogens is 296 g/mol. The highest BCUT2D eigenvalue weighted by Crippen LogP contribution is 2.16. The average molecular weight is 318 g/mol. The molecule has 2 amide bonds. The molecule has 6 nitrogen and oxygen atoms in total. The van der Waals surface area contributed by atoms with E-state index in [1.54, 1.807) is 0 Å². The number of ether oxygens (including phenoxy) is 1. The van der Waals surface area contributed by atoms with Crippen molar-refractivity contribution < 1.29 is 19.4 Å². The minimum Gasteiger partial charge on any atom is -0.465 e. The smallest absolute Gasteiger partial charge is 0.407 e. The van der Waals surface area contributed by atoms with Crippen molar-refractivity contribution >= 4 is 12.2 Å². The van der Waals surface area contributed by atoms with Crippen LogP contribution < -0.4 is 5.32 Å². The number of hydrogen-bond donors (Lipinski definition) is 2. The Labute approximate surface area is 135 Å². The van der Waals surface area contributed by atoms with E-state index in [1.807, 2.05) is 56.3 Å². The maximum Gasteiger partial charge on any atom is 0.407 e. The van der Waals surface area contributed by atoms with E-state index < -0.39 is 12.2 Å². The van der Waals surface area contributed by atoms with E-state index in [2.05, 4.69) is 5.32 Å². The van der Waals surface area contributed by atoms with E-state index >= 15 is 0 Å². The van der Waals surface area contributed by atoms with Gasteiger partial charge in [-0.25, -0.2) is 9.59 Å². The summed E-state index contributed by atoms with van der Waals surface area (Å²) in [7, 11) is 0. The lowest BCUT2D eigenvalue weighted by atomic mass is 10.0. The van der Waals surface area contributed by atoms with Gasteiger partial charge in [0.1, 0.15) is 6.61 Å². The number of carbonyl (C=O) groups is 2. The van der Waals surface area contributed by atoms with Crippen LogP contribution in [-0.4, -0.2) is 40.8 Å². The van der Waals surface area contributed by atoms with Crippen molar-refractivity contribution in [1.29, 1.82) is 0 Å². The highest BCUT2D eigenvalue weighted by atomic mass is 16.5. The Kier molecular flexibility index (Phi) is 5.62. The molecule has 0 saturated heterocycles. The molecule has 0 radical (unpaired) electrons. The fourth-order valence-corrected chi connectivity index (χ4v) is 2.46. The number of rotatable bonds is 3. The third kappa shape index (κ3) is 4.74. The Balaban J connectivity index is 1.93. The van der Waals surface area contributed by atoms with Crippen molar-refractivity contribution in [1.82, 2.24) is 10.2 Å². The summed E-state index contributed by atoms with van der Waals surface area (Å²) in [6.45, 7) is 4.16. The van der Waals surface area contributed by atoms with Gasteiger partial charge >= 0.3 is 12.2 Å². The number of nitrogens with zero attached hydrogens (tertiary/aromatic N) is 1. The molecule has 1 aliphatic rings. The number of carbonyl (C=O) groups excluding carboxylic acids is 1. The summed E-state index contributed by atoms with van der Waals surface area (Å²) in [5.74, 6) is 0.0195. The van der Waals surface area contributed by atoms with Gasteiger partial charge in [-0.2, -0.15) is 0 Å². The average Bonchev–Trinajstić information content (AvgIpc) is 2.67. The van der Waals surface area contributed by atoms with Crippen molar-refractivity contribution in [2.24, 2.45) is 5.92 Å². The van der Waals surface area contributed by atoms with Crippen molar-refractivity contribution in [3.8, 4) is 0 Å². The van der Waals surface area contributed by atoms with E-state index in [0.717, 1.165) is 5.56 Å². The lowest BCUT2D eigenvalue weighted by molar-refractivity contribution is 0.116. The molecular formula is C17H22N2O4. The van der Waals surface area contributed by atoms with Gasteiger partial charge in [-0.1, -0.05) is 49.4 Å². The number of hydrogen-bond acceptors (Lipinski definition) is 3. The molecule has 6 heteroatoms. The van der Waals surface area contributed by atoms with Gasteiger partial charge < -0.3 is 20.1 Å². The molecule has 1 heterocycles. The summed E-state index contributed by atoms with van der Waals surface area (Å²) in [6, 6.07) is 8.85. The van der Waals surface area contributed by atoms with E-state index in [-0.39, 0.29) is 31.2 Å². The molecule has 1 aromatic carbocycles. The highest BCUT2D eigenvalue weighted by Gasteiger charge is 2.29. The summed E-state index contributed by atoms with van der Waals surface area (Å²) in [5, 5.41) is 12.0. The number of carboxylic acid groups (broad SMARTS) is 1. The number of amides is 2. The summed E-state index contributed by atoms with van der Waals surface area (Å²) in [4.78, 5) is 24.6. The zero-order valence-corrected chi connectivity index (χ0v) is 13.3. The Morgan fingerprint density at radius 2 is 1.96 bits per heavy atom. The molecule has 2 rings (SSSR count). The van der Waals surface area contributed by atoms with Crippen LogP contribution in [0, 0.1) is 5.92 Å². The third-order valence-electron chi connectivity index (χ3n) is 3.97. The van der Waals surface area contributed by atoms with Crippen molar-refractivity contribution in [3.05, 3.63) is 48.0 Å². The molecule has 0 saturated carbocycles. The lowest BCUT2D eigenvalue weighted by Gasteiger charge is -2.28. The maximum atomic E-state index is 12.0. The summed E-state index contributed by atoms with van der Waals surface area (Å²) >= 11 is 0. The first-order chi connectivity index (χ1) is 11.0. The minimum absolute atomic E-state index is 0.0195. The monoisotopic (exact) mass is 318 g/mol. The molecule has 1 aliphatic heterocycles. The van der Waals surface area contributed by atoms with Crippen LogP contribution in [0.1, 0.15) is 19.4 Å². The SMILES string of the molecule is C[C@H]1C=C[C@H](C)N(C(=O)O)C[C@@H]1NC(=O)OCc1ccccc1. The molecule has 0 aromatic heterocycles. The van der Waals surface area contributed by atoms with Crippen LogP contribution in [0.15, 0.2) is 42.5 Å². The normalized spacial score (nSPS) is 23.9. The first-order valence-electron chi connectivity index (χ1n) is 7.62. The van der Waals surface area contributed by atoms with E-state index in [1.165, 1.54) is 4.90 Å². The van der Waals surface area contributed by atoms with Gasteiger partial charge in [0.05, 0.1) is 12.1 Å². The number of benzene rings is 1. The van der Waals surface area contributed by atoms with Crippen LogP contribution in [0.25, 0.3) is 0 Å². The van der Waals surface area contributed by atoms with Gasteiger partial charge in [-0.15, -0.1) is 0 Å². The van der Waals surface area contributed by atoms with Crippen LogP contribution in [0.5, 0.6) is 0 Å². The van der Waals surface area contributed by atoms with Crippen LogP contribution in [-0.2, 0) is 11.3 Å². The summed E-state index contributed by atoms with van der Waals surface area (Å²) < 4.78 is 5.20. The number of alkyl carbamates (subject to hydrolysis) is 1. The van der Waals surface area contributed by atoms with E-state index in [4.69, 9.17) is 4.74 Å². The van der Waals surface area contributed by atoms with Crippen molar-refractivity contribution in [3.63, 3.8) is 0 Å². The lowest BCUT2D eigenvalue weighted by Crippen LogP contribution is -2.49.